The minimum absolute atomic E-state index is 0.0219. The number of hydrogen-bond acceptors (Lipinski definition) is 4. The highest BCUT2D eigenvalue weighted by atomic mass is 79.9. The Kier molecular flexibility index (Phi) is 5.58. The third kappa shape index (κ3) is 4.96. The maximum absolute atomic E-state index is 13.1. The van der Waals surface area contributed by atoms with Crippen LogP contribution in [0.4, 0.5) is 4.39 Å². The number of benzene rings is 1. The fourth-order valence-corrected chi connectivity index (χ4v) is 1.99. The summed E-state index contributed by atoms with van der Waals surface area (Å²) in [5.74, 6) is 0.632. The van der Waals surface area contributed by atoms with Crippen LogP contribution in [0.2, 0.25) is 0 Å². The maximum Gasteiger partial charge on any atom is 0.129 e. The van der Waals surface area contributed by atoms with Crippen molar-refractivity contribution < 1.29 is 23.4 Å². The summed E-state index contributed by atoms with van der Waals surface area (Å²) in [6, 6.07) is 7.75. The SMILES string of the molecule is OC(COCc1ccco1)COc1cc(F)cc(Br)c1. The number of rotatable bonds is 7. The first-order chi connectivity index (χ1) is 9.63. The predicted molar refractivity (Wildman–Crippen MR) is 74.0 cm³/mol. The van der Waals surface area contributed by atoms with E-state index in [2.05, 4.69) is 15.9 Å². The number of ether oxygens (including phenoxy) is 2. The zero-order valence-corrected chi connectivity index (χ0v) is 12.2. The summed E-state index contributed by atoms with van der Waals surface area (Å²) >= 11 is 3.17. The van der Waals surface area contributed by atoms with Crippen LogP contribution in [0.25, 0.3) is 0 Å². The van der Waals surface area contributed by atoms with Crippen LogP contribution in [0.1, 0.15) is 5.76 Å². The number of aliphatic hydroxyl groups is 1. The van der Waals surface area contributed by atoms with Crippen molar-refractivity contribution >= 4 is 15.9 Å². The average Bonchev–Trinajstić information content (AvgIpc) is 2.88. The summed E-state index contributed by atoms with van der Waals surface area (Å²) in [6.07, 6.45) is 0.757. The quantitative estimate of drug-likeness (QED) is 0.838. The van der Waals surface area contributed by atoms with Gasteiger partial charge in [-0.1, -0.05) is 15.9 Å². The van der Waals surface area contributed by atoms with E-state index in [1.165, 1.54) is 12.1 Å². The molecule has 0 spiro atoms. The molecule has 108 valence electrons. The van der Waals surface area contributed by atoms with Gasteiger partial charge in [0.05, 0.1) is 12.9 Å². The molecule has 0 aliphatic carbocycles. The molecule has 0 bridgehead atoms. The Balaban J connectivity index is 1.70. The molecule has 0 saturated carbocycles. The summed E-state index contributed by atoms with van der Waals surface area (Å²) in [5, 5.41) is 9.69. The third-order valence-electron chi connectivity index (χ3n) is 2.41. The fourth-order valence-electron chi connectivity index (χ4n) is 1.54. The van der Waals surface area contributed by atoms with Gasteiger partial charge in [0.15, 0.2) is 0 Å². The zero-order chi connectivity index (χ0) is 14.4. The van der Waals surface area contributed by atoms with Crippen LogP contribution < -0.4 is 4.74 Å². The molecule has 0 fully saturated rings. The summed E-state index contributed by atoms with van der Waals surface area (Å²) in [7, 11) is 0. The van der Waals surface area contributed by atoms with Crippen molar-refractivity contribution in [2.45, 2.75) is 12.7 Å². The first-order valence-corrected chi connectivity index (χ1v) is 6.80. The topological polar surface area (TPSA) is 51.8 Å². The van der Waals surface area contributed by atoms with Crippen LogP contribution in [0, 0.1) is 5.82 Å². The van der Waals surface area contributed by atoms with Gasteiger partial charge in [-0.05, 0) is 24.3 Å². The van der Waals surface area contributed by atoms with Gasteiger partial charge in [-0.15, -0.1) is 0 Å². The van der Waals surface area contributed by atoms with Crippen molar-refractivity contribution in [3.8, 4) is 5.75 Å². The molecule has 20 heavy (non-hydrogen) atoms. The predicted octanol–water partition coefficient (Wildman–Crippen LogP) is 3.14. The Labute approximate surface area is 124 Å². The van der Waals surface area contributed by atoms with Gasteiger partial charge < -0.3 is 19.0 Å². The van der Waals surface area contributed by atoms with Gasteiger partial charge in [0, 0.05) is 10.5 Å². The molecular weight excluding hydrogens is 331 g/mol. The van der Waals surface area contributed by atoms with Gasteiger partial charge in [-0.25, -0.2) is 4.39 Å². The van der Waals surface area contributed by atoms with Gasteiger partial charge >= 0.3 is 0 Å². The molecule has 2 aromatic rings. The molecule has 6 heteroatoms. The van der Waals surface area contributed by atoms with Crippen LogP contribution in [0.15, 0.2) is 45.5 Å². The molecule has 1 atom stereocenters. The van der Waals surface area contributed by atoms with Gasteiger partial charge in [-0.2, -0.15) is 0 Å². The van der Waals surface area contributed by atoms with Crippen LogP contribution in [-0.2, 0) is 11.3 Å². The first kappa shape index (κ1) is 15.0. The van der Waals surface area contributed by atoms with Gasteiger partial charge in [-0.3, -0.25) is 0 Å². The molecule has 0 amide bonds. The Bertz CT molecular complexity index is 510. The van der Waals surface area contributed by atoms with Gasteiger partial charge in [0.2, 0.25) is 0 Å². The van der Waals surface area contributed by atoms with E-state index in [0.29, 0.717) is 16.0 Å². The maximum atomic E-state index is 13.1. The van der Waals surface area contributed by atoms with E-state index >= 15 is 0 Å². The smallest absolute Gasteiger partial charge is 0.129 e. The molecule has 0 aliphatic heterocycles. The molecule has 1 aromatic heterocycles. The van der Waals surface area contributed by atoms with Crippen molar-refractivity contribution in [2.75, 3.05) is 13.2 Å². The van der Waals surface area contributed by atoms with E-state index in [1.807, 2.05) is 0 Å². The van der Waals surface area contributed by atoms with E-state index in [1.54, 1.807) is 24.5 Å². The molecule has 4 nitrogen and oxygen atoms in total. The third-order valence-corrected chi connectivity index (χ3v) is 2.87. The lowest BCUT2D eigenvalue weighted by Crippen LogP contribution is -2.23. The summed E-state index contributed by atoms with van der Waals surface area (Å²) in [4.78, 5) is 0. The van der Waals surface area contributed by atoms with E-state index in [4.69, 9.17) is 13.9 Å². The number of hydrogen-bond donors (Lipinski definition) is 1. The average molecular weight is 345 g/mol. The highest BCUT2D eigenvalue weighted by Crippen LogP contribution is 2.20. The largest absolute Gasteiger partial charge is 0.491 e. The van der Waals surface area contributed by atoms with Crippen molar-refractivity contribution in [3.63, 3.8) is 0 Å². The standard InChI is InChI=1S/C14H14BrFO4/c15-10-4-11(16)6-14(5-10)20-8-12(17)7-18-9-13-2-1-3-19-13/h1-6,12,17H,7-9H2. The van der Waals surface area contributed by atoms with Crippen LogP contribution in [0.5, 0.6) is 5.75 Å². The lowest BCUT2D eigenvalue weighted by atomic mass is 10.3. The minimum atomic E-state index is -0.799. The highest BCUT2D eigenvalue weighted by Gasteiger charge is 2.07. The number of aliphatic hydroxyl groups excluding tert-OH is 1. The second-order valence-corrected chi connectivity index (χ2v) is 5.08. The first-order valence-electron chi connectivity index (χ1n) is 6.00. The van der Waals surface area contributed by atoms with E-state index < -0.39 is 11.9 Å². The van der Waals surface area contributed by atoms with Crippen molar-refractivity contribution in [1.29, 1.82) is 0 Å². The molecule has 1 aromatic carbocycles. The number of furan rings is 1. The Hall–Kier alpha value is -1.37. The molecule has 0 aliphatic rings. The zero-order valence-electron chi connectivity index (χ0n) is 10.6. The molecule has 0 radical (unpaired) electrons. The van der Waals surface area contributed by atoms with Crippen molar-refractivity contribution in [2.24, 2.45) is 0 Å². The molecule has 1 N–H and O–H groups in total. The molecule has 1 unspecified atom stereocenters. The lowest BCUT2D eigenvalue weighted by molar-refractivity contribution is 0.000823. The summed E-state index contributed by atoms with van der Waals surface area (Å²) < 4.78 is 29.3. The Morgan fingerprint density at radius 2 is 2.15 bits per heavy atom. The molecule has 2 rings (SSSR count). The van der Waals surface area contributed by atoms with Crippen LogP contribution in [-0.4, -0.2) is 24.4 Å². The van der Waals surface area contributed by atoms with Crippen LogP contribution >= 0.6 is 15.9 Å². The lowest BCUT2D eigenvalue weighted by Gasteiger charge is -2.12. The molecule has 0 saturated heterocycles. The number of halogens is 2. The second-order valence-electron chi connectivity index (χ2n) is 4.16. The Morgan fingerprint density at radius 3 is 2.85 bits per heavy atom. The Morgan fingerprint density at radius 1 is 1.30 bits per heavy atom. The second kappa shape index (κ2) is 7.42. The highest BCUT2D eigenvalue weighted by molar-refractivity contribution is 9.10. The summed E-state index contributed by atoms with van der Waals surface area (Å²) in [5.41, 5.74) is 0. The molecule has 1 heterocycles. The molecular formula is C14H14BrFO4. The van der Waals surface area contributed by atoms with E-state index in [0.717, 1.165) is 0 Å². The van der Waals surface area contributed by atoms with E-state index in [-0.39, 0.29) is 19.8 Å². The minimum Gasteiger partial charge on any atom is -0.491 e. The van der Waals surface area contributed by atoms with Gasteiger partial charge in [0.1, 0.15) is 36.6 Å². The summed E-state index contributed by atoms with van der Waals surface area (Å²) in [6.45, 7) is 0.417. The fraction of sp³-hybridized carbons (Fsp3) is 0.286. The van der Waals surface area contributed by atoms with Crippen molar-refractivity contribution in [3.05, 3.63) is 52.6 Å². The van der Waals surface area contributed by atoms with E-state index in [9.17, 15) is 9.50 Å². The van der Waals surface area contributed by atoms with Crippen molar-refractivity contribution in [1.82, 2.24) is 0 Å². The normalized spacial score (nSPS) is 12.3. The van der Waals surface area contributed by atoms with Gasteiger partial charge in [0.25, 0.3) is 0 Å². The monoisotopic (exact) mass is 344 g/mol. The van der Waals surface area contributed by atoms with Crippen LogP contribution in [0.3, 0.4) is 0 Å².